The molecule has 0 unspecified atom stereocenters. The molecule has 0 aliphatic rings. The zero-order valence-corrected chi connectivity index (χ0v) is 12.7. The van der Waals surface area contributed by atoms with Crippen LogP contribution in [0.3, 0.4) is 0 Å². The number of hydrazone groups is 1. The fourth-order valence-electron chi connectivity index (χ4n) is 1.91. The molecule has 0 spiro atoms. The van der Waals surface area contributed by atoms with E-state index in [0.717, 1.165) is 22.6 Å². The van der Waals surface area contributed by atoms with Gasteiger partial charge >= 0.3 is 0 Å². The normalized spacial score (nSPS) is 10.4. The zero-order chi connectivity index (χ0) is 15.6. The van der Waals surface area contributed by atoms with Gasteiger partial charge in [0.15, 0.2) is 0 Å². The van der Waals surface area contributed by atoms with Gasteiger partial charge in [0.25, 0.3) is 0 Å². The second kappa shape index (κ2) is 8.52. The van der Waals surface area contributed by atoms with Crippen LogP contribution in [0.25, 0.3) is 0 Å². The van der Waals surface area contributed by atoms with E-state index in [1.54, 1.807) is 19.4 Å². The van der Waals surface area contributed by atoms with Crippen LogP contribution in [-0.2, 0) is 6.54 Å². The quantitative estimate of drug-likeness (QED) is 0.461. The molecule has 0 fully saturated rings. The molecule has 2 aromatic carbocycles. The van der Waals surface area contributed by atoms with E-state index in [1.807, 2.05) is 48.5 Å². The highest BCUT2D eigenvalue weighted by Gasteiger charge is 1.99. The molecule has 4 heteroatoms. The predicted molar refractivity (Wildman–Crippen MR) is 89.6 cm³/mol. The molecule has 1 N–H and O–H groups in total. The maximum atomic E-state index is 5.43. The average Bonchev–Trinajstić information content (AvgIpc) is 2.58. The van der Waals surface area contributed by atoms with Gasteiger partial charge in [-0.3, -0.25) is 0 Å². The molecule has 4 nitrogen and oxygen atoms in total. The van der Waals surface area contributed by atoms with Gasteiger partial charge in [0, 0.05) is 5.56 Å². The largest absolute Gasteiger partial charge is 0.496 e. The van der Waals surface area contributed by atoms with E-state index < -0.39 is 0 Å². The number of benzene rings is 2. The molecule has 2 aromatic rings. The Hall–Kier alpha value is -2.75. The van der Waals surface area contributed by atoms with Crippen molar-refractivity contribution in [3.8, 4) is 11.5 Å². The third-order valence-electron chi connectivity index (χ3n) is 3.01. The summed E-state index contributed by atoms with van der Waals surface area (Å²) in [4.78, 5) is 0. The Kier molecular flexibility index (Phi) is 6.05. The Morgan fingerprint density at radius 2 is 1.91 bits per heavy atom. The molecule has 0 aliphatic heterocycles. The summed E-state index contributed by atoms with van der Waals surface area (Å²) in [6.45, 7) is 4.74. The highest BCUT2D eigenvalue weighted by Crippen LogP contribution is 2.16. The van der Waals surface area contributed by atoms with Crippen LogP contribution in [0.1, 0.15) is 11.1 Å². The first-order valence-corrected chi connectivity index (χ1v) is 7.05. The summed E-state index contributed by atoms with van der Waals surface area (Å²) in [7, 11) is 1.66. The lowest BCUT2D eigenvalue weighted by Gasteiger charge is -2.07. The highest BCUT2D eigenvalue weighted by atomic mass is 16.5. The molecule has 0 radical (unpaired) electrons. The van der Waals surface area contributed by atoms with Crippen LogP contribution >= 0.6 is 0 Å². The molecule has 0 saturated heterocycles. The van der Waals surface area contributed by atoms with Gasteiger partial charge in [-0.2, -0.15) is 5.10 Å². The molecule has 0 saturated carbocycles. The number of nitrogens with one attached hydrogen (secondary N) is 1. The molecule has 0 atom stereocenters. The van der Waals surface area contributed by atoms with Crippen molar-refractivity contribution >= 4 is 6.21 Å². The topological polar surface area (TPSA) is 42.8 Å². The summed E-state index contributed by atoms with van der Waals surface area (Å²) >= 11 is 0. The monoisotopic (exact) mass is 296 g/mol. The predicted octanol–water partition coefficient (Wildman–Crippen LogP) is 3.38. The van der Waals surface area contributed by atoms with Crippen LogP contribution in [0.2, 0.25) is 0 Å². The van der Waals surface area contributed by atoms with Gasteiger partial charge in [0.1, 0.15) is 18.1 Å². The van der Waals surface area contributed by atoms with Gasteiger partial charge in [-0.25, -0.2) is 0 Å². The van der Waals surface area contributed by atoms with E-state index >= 15 is 0 Å². The SMILES string of the molecule is C=CCOc1ccc(/C=N\NCc2ccccc2OC)cc1. The van der Waals surface area contributed by atoms with Crippen LogP contribution in [0.4, 0.5) is 0 Å². The second-order valence-corrected chi connectivity index (χ2v) is 4.57. The van der Waals surface area contributed by atoms with Crippen LogP contribution in [0.5, 0.6) is 11.5 Å². The summed E-state index contributed by atoms with van der Waals surface area (Å²) in [5.74, 6) is 1.67. The van der Waals surface area contributed by atoms with E-state index in [9.17, 15) is 0 Å². The Bertz CT molecular complexity index is 621. The van der Waals surface area contributed by atoms with Crippen LogP contribution < -0.4 is 14.9 Å². The Labute approximate surface area is 131 Å². The fourth-order valence-corrected chi connectivity index (χ4v) is 1.91. The first-order chi connectivity index (χ1) is 10.8. The van der Waals surface area contributed by atoms with Crippen LogP contribution in [-0.4, -0.2) is 19.9 Å². The number of para-hydroxylation sites is 1. The van der Waals surface area contributed by atoms with Gasteiger partial charge < -0.3 is 14.9 Å². The van der Waals surface area contributed by atoms with Gasteiger partial charge in [-0.1, -0.05) is 30.9 Å². The lowest BCUT2D eigenvalue weighted by molar-refractivity contribution is 0.363. The summed E-state index contributed by atoms with van der Waals surface area (Å²) in [5, 5.41) is 4.22. The first kappa shape index (κ1) is 15.6. The standard InChI is InChI=1S/C18H20N2O2/c1-3-12-22-17-10-8-15(9-11-17)13-19-20-14-16-6-4-5-7-18(16)21-2/h3-11,13,20H,1,12,14H2,2H3/b19-13-. The van der Waals surface area contributed by atoms with Crippen molar-refractivity contribution in [3.63, 3.8) is 0 Å². The Morgan fingerprint density at radius 1 is 1.14 bits per heavy atom. The van der Waals surface area contributed by atoms with Crippen molar-refractivity contribution in [2.45, 2.75) is 6.54 Å². The highest BCUT2D eigenvalue weighted by molar-refractivity contribution is 5.79. The number of hydrogen-bond acceptors (Lipinski definition) is 4. The van der Waals surface area contributed by atoms with Crippen molar-refractivity contribution < 1.29 is 9.47 Å². The van der Waals surface area contributed by atoms with Crippen LogP contribution in [0, 0.1) is 0 Å². The minimum absolute atomic E-state index is 0.508. The molecule has 22 heavy (non-hydrogen) atoms. The number of hydrogen-bond donors (Lipinski definition) is 1. The summed E-state index contributed by atoms with van der Waals surface area (Å²) in [6.07, 6.45) is 3.49. The molecular formula is C18H20N2O2. The van der Waals surface area contributed by atoms with Gasteiger partial charge in [0.05, 0.1) is 19.9 Å². The smallest absolute Gasteiger partial charge is 0.123 e. The molecule has 0 aliphatic carbocycles. The average molecular weight is 296 g/mol. The van der Waals surface area contributed by atoms with E-state index in [0.29, 0.717) is 13.2 Å². The molecule has 0 heterocycles. The second-order valence-electron chi connectivity index (χ2n) is 4.57. The maximum Gasteiger partial charge on any atom is 0.123 e. The molecule has 0 amide bonds. The third kappa shape index (κ3) is 4.66. The Morgan fingerprint density at radius 3 is 2.64 bits per heavy atom. The van der Waals surface area contributed by atoms with Crippen LogP contribution in [0.15, 0.2) is 66.3 Å². The van der Waals surface area contributed by atoms with Crippen molar-refractivity contribution in [1.29, 1.82) is 0 Å². The van der Waals surface area contributed by atoms with Crippen molar-refractivity contribution in [2.75, 3.05) is 13.7 Å². The van der Waals surface area contributed by atoms with Crippen molar-refractivity contribution in [3.05, 3.63) is 72.3 Å². The minimum Gasteiger partial charge on any atom is -0.496 e. The van der Waals surface area contributed by atoms with Gasteiger partial charge in [-0.15, -0.1) is 0 Å². The number of ether oxygens (including phenoxy) is 2. The number of rotatable bonds is 8. The lowest BCUT2D eigenvalue weighted by atomic mass is 10.2. The fraction of sp³-hybridized carbons (Fsp3) is 0.167. The lowest BCUT2D eigenvalue weighted by Crippen LogP contribution is -2.06. The summed E-state index contributed by atoms with van der Waals surface area (Å²) < 4.78 is 10.7. The van der Waals surface area contributed by atoms with Crippen molar-refractivity contribution in [2.24, 2.45) is 5.10 Å². The molecular weight excluding hydrogens is 276 g/mol. The molecule has 0 aromatic heterocycles. The minimum atomic E-state index is 0.508. The van der Waals surface area contributed by atoms with Crippen molar-refractivity contribution in [1.82, 2.24) is 5.43 Å². The summed E-state index contributed by atoms with van der Waals surface area (Å²) in [6, 6.07) is 15.6. The van der Waals surface area contributed by atoms with Gasteiger partial charge in [-0.05, 0) is 35.9 Å². The van der Waals surface area contributed by atoms with E-state index in [4.69, 9.17) is 9.47 Å². The van der Waals surface area contributed by atoms with Gasteiger partial charge in [0.2, 0.25) is 0 Å². The Balaban J connectivity index is 1.86. The van der Waals surface area contributed by atoms with E-state index in [-0.39, 0.29) is 0 Å². The molecule has 2 rings (SSSR count). The molecule has 114 valence electrons. The number of methoxy groups -OCH3 is 1. The van der Waals surface area contributed by atoms with E-state index in [1.165, 1.54) is 0 Å². The molecule has 0 bridgehead atoms. The van der Waals surface area contributed by atoms with E-state index in [2.05, 4.69) is 17.1 Å². The third-order valence-corrected chi connectivity index (χ3v) is 3.01. The maximum absolute atomic E-state index is 5.43. The summed E-state index contributed by atoms with van der Waals surface area (Å²) in [5.41, 5.74) is 5.08. The first-order valence-electron chi connectivity index (χ1n) is 7.05. The zero-order valence-electron chi connectivity index (χ0n) is 12.7. The number of nitrogens with zero attached hydrogens (tertiary/aromatic N) is 1.